The summed E-state index contributed by atoms with van der Waals surface area (Å²) in [5, 5.41) is 12.4. The van der Waals surface area contributed by atoms with Crippen molar-refractivity contribution in [1.82, 2.24) is 10.3 Å². The molecule has 1 saturated heterocycles. The van der Waals surface area contributed by atoms with Gasteiger partial charge in [-0.05, 0) is 25.8 Å². The molecule has 1 atom stereocenters. The Balaban J connectivity index is 1.97. The third-order valence-corrected chi connectivity index (χ3v) is 3.19. The standard InChI is InChI=1S/C12H18N2O3/c1-12(4-2-6-17-8-12)14-7-10-9(11(15)16)3-5-13-10/h3,5,13-14H,2,4,6-8H2,1H3,(H,15,16). The van der Waals surface area contributed by atoms with E-state index in [0.29, 0.717) is 24.4 Å². The number of aromatic nitrogens is 1. The van der Waals surface area contributed by atoms with Gasteiger partial charge in [0.25, 0.3) is 0 Å². The number of rotatable bonds is 4. The van der Waals surface area contributed by atoms with Gasteiger partial charge in [0.15, 0.2) is 0 Å². The molecule has 0 aromatic carbocycles. The number of hydrogen-bond donors (Lipinski definition) is 3. The lowest BCUT2D eigenvalue weighted by Crippen LogP contribution is -2.48. The average molecular weight is 238 g/mol. The molecule has 2 heterocycles. The largest absolute Gasteiger partial charge is 0.478 e. The van der Waals surface area contributed by atoms with Gasteiger partial charge >= 0.3 is 5.97 Å². The molecule has 0 aliphatic carbocycles. The first-order valence-electron chi connectivity index (χ1n) is 5.83. The first-order valence-corrected chi connectivity index (χ1v) is 5.83. The number of aromatic amines is 1. The highest BCUT2D eigenvalue weighted by molar-refractivity contribution is 5.88. The van der Waals surface area contributed by atoms with E-state index in [4.69, 9.17) is 9.84 Å². The average Bonchev–Trinajstić information content (AvgIpc) is 2.76. The van der Waals surface area contributed by atoms with Gasteiger partial charge in [-0.15, -0.1) is 0 Å². The SMILES string of the molecule is CC1(NCc2[nH]ccc2C(=O)O)CCCOC1. The van der Waals surface area contributed by atoms with Gasteiger partial charge < -0.3 is 20.1 Å². The van der Waals surface area contributed by atoms with Crippen molar-refractivity contribution in [3.05, 3.63) is 23.5 Å². The van der Waals surface area contributed by atoms with Crippen LogP contribution in [0.25, 0.3) is 0 Å². The number of carbonyl (C=O) groups is 1. The van der Waals surface area contributed by atoms with Crippen LogP contribution in [0.4, 0.5) is 0 Å². The van der Waals surface area contributed by atoms with Crippen LogP contribution in [-0.4, -0.2) is 34.8 Å². The van der Waals surface area contributed by atoms with Crippen molar-refractivity contribution in [2.45, 2.75) is 31.8 Å². The van der Waals surface area contributed by atoms with E-state index in [1.165, 1.54) is 0 Å². The van der Waals surface area contributed by atoms with Crippen LogP contribution in [0.3, 0.4) is 0 Å². The van der Waals surface area contributed by atoms with Crippen LogP contribution in [0.5, 0.6) is 0 Å². The van der Waals surface area contributed by atoms with E-state index in [-0.39, 0.29) is 5.54 Å². The van der Waals surface area contributed by atoms with Gasteiger partial charge in [0.05, 0.1) is 12.2 Å². The minimum absolute atomic E-state index is 0.0564. The molecule has 1 aromatic heterocycles. The number of aromatic carboxylic acids is 1. The Bertz CT molecular complexity index is 394. The number of nitrogens with one attached hydrogen (secondary N) is 2. The Morgan fingerprint density at radius 3 is 3.18 bits per heavy atom. The fourth-order valence-corrected chi connectivity index (χ4v) is 2.13. The molecule has 0 amide bonds. The van der Waals surface area contributed by atoms with Crippen LogP contribution in [0, 0.1) is 0 Å². The minimum atomic E-state index is -0.895. The molecular formula is C12H18N2O3. The normalized spacial score (nSPS) is 24.8. The molecule has 3 N–H and O–H groups in total. The maximum absolute atomic E-state index is 10.9. The van der Waals surface area contributed by atoms with Crippen LogP contribution in [0.15, 0.2) is 12.3 Å². The van der Waals surface area contributed by atoms with E-state index in [0.717, 1.165) is 19.4 Å². The molecule has 17 heavy (non-hydrogen) atoms. The van der Waals surface area contributed by atoms with Crippen molar-refractivity contribution in [2.75, 3.05) is 13.2 Å². The highest BCUT2D eigenvalue weighted by Gasteiger charge is 2.27. The van der Waals surface area contributed by atoms with E-state index in [1.807, 2.05) is 0 Å². The van der Waals surface area contributed by atoms with Crippen LogP contribution >= 0.6 is 0 Å². The molecule has 0 radical (unpaired) electrons. The van der Waals surface area contributed by atoms with E-state index >= 15 is 0 Å². The minimum Gasteiger partial charge on any atom is -0.478 e. The van der Waals surface area contributed by atoms with Crippen molar-refractivity contribution in [3.63, 3.8) is 0 Å². The predicted molar refractivity (Wildman–Crippen MR) is 63.0 cm³/mol. The molecule has 1 aliphatic heterocycles. The summed E-state index contributed by atoms with van der Waals surface area (Å²) in [6.07, 6.45) is 3.75. The van der Waals surface area contributed by atoms with Crippen LogP contribution in [0.1, 0.15) is 35.8 Å². The molecule has 94 valence electrons. The molecule has 1 unspecified atom stereocenters. The molecule has 0 saturated carbocycles. The fourth-order valence-electron chi connectivity index (χ4n) is 2.13. The Labute approximate surface area is 100 Å². The number of hydrogen-bond acceptors (Lipinski definition) is 3. The third-order valence-electron chi connectivity index (χ3n) is 3.19. The summed E-state index contributed by atoms with van der Waals surface area (Å²) in [6, 6.07) is 1.58. The van der Waals surface area contributed by atoms with Crippen molar-refractivity contribution in [1.29, 1.82) is 0 Å². The molecule has 1 aliphatic rings. The van der Waals surface area contributed by atoms with Gasteiger partial charge in [-0.2, -0.15) is 0 Å². The summed E-state index contributed by atoms with van der Waals surface area (Å²) in [7, 11) is 0. The zero-order valence-corrected chi connectivity index (χ0v) is 9.95. The van der Waals surface area contributed by atoms with E-state index in [2.05, 4.69) is 17.2 Å². The quantitative estimate of drug-likeness (QED) is 0.740. The number of carboxylic acids is 1. The maximum Gasteiger partial charge on any atom is 0.337 e. The summed E-state index contributed by atoms with van der Waals surface area (Å²) in [5.41, 5.74) is 0.987. The lowest BCUT2D eigenvalue weighted by atomic mass is 9.95. The zero-order valence-electron chi connectivity index (χ0n) is 9.95. The van der Waals surface area contributed by atoms with Gasteiger partial charge in [-0.25, -0.2) is 4.79 Å². The van der Waals surface area contributed by atoms with Crippen molar-refractivity contribution in [3.8, 4) is 0 Å². The smallest absolute Gasteiger partial charge is 0.337 e. The highest BCUT2D eigenvalue weighted by Crippen LogP contribution is 2.19. The second-order valence-corrected chi connectivity index (χ2v) is 4.75. The summed E-state index contributed by atoms with van der Waals surface area (Å²) in [5.74, 6) is -0.895. The van der Waals surface area contributed by atoms with Crippen molar-refractivity contribution >= 4 is 5.97 Å². The Morgan fingerprint density at radius 1 is 1.71 bits per heavy atom. The number of ether oxygens (including phenoxy) is 1. The lowest BCUT2D eigenvalue weighted by Gasteiger charge is -2.34. The van der Waals surface area contributed by atoms with Gasteiger partial charge in [-0.1, -0.05) is 0 Å². The lowest BCUT2D eigenvalue weighted by molar-refractivity contribution is 0.0276. The second kappa shape index (κ2) is 4.89. The molecule has 1 aromatic rings. The van der Waals surface area contributed by atoms with E-state index < -0.39 is 5.97 Å². The first-order chi connectivity index (χ1) is 8.11. The fraction of sp³-hybridized carbons (Fsp3) is 0.583. The van der Waals surface area contributed by atoms with Gasteiger partial charge in [0.2, 0.25) is 0 Å². The summed E-state index contributed by atoms with van der Waals surface area (Å²) in [4.78, 5) is 13.9. The summed E-state index contributed by atoms with van der Waals surface area (Å²) in [6.45, 7) is 4.13. The predicted octanol–water partition coefficient (Wildman–Crippen LogP) is 1.37. The first kappa shape index (κ1) is 12.1. The second-order valence-electron chi connectivity index (χ2n) is 4.75. The zero-order chi connectivity index (χ0) is 12.3. The molecular weight excluding hydrogens is 220 g/mol. The van der Waals surface area contributed by atoms with Gasteiger partial charge in [0.1, 0.15) is 0 Å². The maximum atomic E-state index is 10.9. The van der Waals surface area contributed by atoms with E-state index in [1.54, 1.807) is 12.3 Å². The molecule has 2 rings (SSSR count). The molecule has 5 heteroatoms. The van der Waals surface area contributed by atoms with Crippen molar-refractivity contribution in [2.24, 2.45) is 0 Å². The summed E-state index contributed by atoms with van der Waals surface area (Å²) < 4.78 is 5.44. The molecule has 0 spiro atoms. The number of carboxylic acid groups (broad SMARTS) is 1. The summed E-state index contributed by atoms with van der Waals surface area (Å²) >= 11 is 0. The molecule has 0 bridgehead atoms. The van der Waals surface area contributed by atoms with Crippen LogP contribution in [-0.2, 0) is 11.3 Å². The number of H-pyrrole nitrogens is 1. The van der Waals surface area contributed by atoms with Crippen molar-refractivity contribution < 1.29 is 14.6 Å². The van der Waals surface area contributed by atoms with Gasteiger partial charge in [0, 0.05) is 30.6 Å². The topological polar surface area (TPSA) is 74.4 Å². The molecule has 5 nitrogen and oxygen atoms in total. The van der Waals surface area contributed by atoms with Gasteiger partial charge in [-0.3, -0.25) is 0 Å². The Hall–Kier alpha value is -1.33. The van der Waals surface area contributed by atoms with E-state index in [9.17, 15) is 4.79 Å². The van der Waals surface area contributed by atoms with Crippen LogP contribution < -0.4 is 5.32 Å². The van der Waals surface area contributed by atoms with Crippen LogP contribution in [0.2, 0.25) is 0 Å². The highest BCUT2D eigenvalue weighted by atomic mass is 16.5. The molecule has 1 fully saturated rings. The Kier molecular flexibility index (Phi) is 3.49. The third kappa shape index (κ3) is 2.87. The monoisotopic (exact) mass is 238 g/mol. The Morgan fingerprint density at radius 2 is 2.53 bits per heavy atom.